The SMILES string of the molecule is CCCCSc1nnc(SCC(=O)N(C)CC(=O)Nc2c(C)cccc2C)s1. The number of para-hydroxylation sites is 1. The van der Waals surface area contributed by atoms with E-state index in [2.05, 4.69) is 22.4 Å². The van der Waals surface area contributed by atoms with Crippen molar-refractivity contribution in [1.29, 1.82) is 0 Å². The lowest BCUT2D eigenvalue weighted by Crippen LogP contribution is -2.36. The molecule has 0 aliphatic heterocycles. The van der Waals surface area contributed by atoms with Crippen LogP contribution in [0.25, 0.3) is 0 Å². The molecule has 9 heteroatoms. The van der Waals surface area contributed by atoms with Crippen molar-refractivity contribution in [3.05, 3.63) is 29.3 Å². The molecule has 28 heavy (non-hydrogen) atoms. The van der Waals surface area contributed by atoms with Crippen LogP contribution in [-0.4, -0.2) is 52.0 Å². The Morgan fingerprint density at radius 2 is 1.79 bits per heavy atom. The van der Waals surface area contributed by atoms with Crippen LogP contribution in [0.15, 0.2) is 26.9 Å². The van der Waals surface area contributed by atoms with Gasteiger partial charge in [-0.25, -0.2) is 0 Å². The fourth-order valence-electron chi connectivity index (χ4n) is 2.35. The summed E-state index contributed by atoms with van der Waals surface area (Å²) in [4.78, 5) is 26.1. The minimum atomic E-state index is -0.205. The monoisotopic (exact) mass is 438 g/mol. The molecule has 1 heterocycles. The maximum atomic E-state index is 12.3. The third-order valence-corrected chi connectivity index (χ3v) is 7.24. The van der Waals surface area contributed by atoms with E-state index in [4.69, 9.17) is 0 Å². The third kappa shape index (κ3) is 7.10. The van der Waals surface area contributed by atoms with Crippen molar-refractivity contribution in [1.82, 2.24) is 15.1 Å². The van der Waals surface area contributed by atoms with Gasteiger partial charge in [-0.3, -0.25) is 9.59 Å². The molecule has 0 atom stereocenters. The number of nitrogens with zero attached hydrogens (tertiary/aromatic N) is 3. The van der Waals surface area contributed by atoms with Crippen LogP contribution in [0.1, 0.15) is 30.9 Å². The Morgan fingerprint density at radius 3 is 2.43 bits per heavy atom. The van der Waals surface area contributed by atoms with Crippen molar-refractivity contribution < 1.29 is 9.59 Å². The molecule has 0 saturated heterocycles. The van der Waals surface area contributed by atoms with Crippen molar-refractivity contribution in [2.45, 2.75) is 42.3 Å². The molecule has 0 radical (unpaired) electrons. The van der Waals surface area contributed by atoms with E-state index in [1.807, 2.05) is 32.0 Å². The van der Waals surface area contributed by atoms with Gasteiger partial charge in [0.15, 0.2) is 8.68 Å². The van der Waals surface area contributed by atoms with E-state index >= 15 is 0 Å². The first kappa shape index (κ1) is 22.7. The Balaban J connectivity index is 1.78. The number of carbonyl (C=O) groups excluding carboxylic acids is 2. The summed E-state index contributed by atoms with van der Waals surface area (Å²) in [5.41, 5.74) is 2.81. The Morgan fingerprint density at radius 1 is 1.14 bits per heavy atom. The molecule has 152 valence electrons. The van der Waals surface area contributed by atoms with Crippen molar-refractivity contribution in [2.75, 3.05) is 30.4 Å². The summed E-state index contributed by atoms with van der Waals surface area (Å²) in [5, 5.41) is 11.2. The van der Waals surface area contributed by atoms with Crippen molar-refractivity contribution in [3.63, 3.8) is 0 Å². The van der Waals surface area contributed by atoms with E-state index in [0.717, 1.165) is 44.1 Å². The number of benzene rings is 1. The summed E-state index contributed by atoms with van der Waals surface area (Å²) >= 11 is 4.57. The average molecular weight is 439 g/mol. The second-order valence-corrected chi connectivity index (χ2v) is 9.93. The molecule has 0 aliphatic rings. The fourth-order valence-corrected chi connectivity index (χ4v) is 5.46. The van der Waals surface area contributed by atoms with Crippen LogP contribution >= 0.6 is 34.9 Å². The third-order valence-electron chi connectivity index (χ3n) is 3.98. The molecule has 0 bridgehead atoms. The van der Waals surface area contributed by atoms with Gasteiger partial charge in [0, 0.05) is 18.5 Å². The lowest BCUT2D eigenvalue weighted by molar-refractivity contribution is -0.131. The first-order chi connectivity index (χ1) is 13.4. The first-order valence-corrected chi connectivity index (χ1v) is 11.9. The van der Waals surface area contributed by atoms with E-state index in [1.165, 1.54) is 28.0 Å². The molecular weight excluding hydrogens is 412 g/mol. The van der Waals surface area contributed by atoms with Crippen LogP contribution < -0.4 is 5.32 Å². The molecule has 1 aromatic carbocycles. The molecular formula is C19H26N4O2S3. The summed E-state index contributed by atoms with van der Waals surface area (Å²) in [6.07, 6.45) is 2.31. The number of likely N-dealkylation sites (N-methyl/N-ethyl adjacent to an activating group) is 1. The van der Waals surface area contributed by atoms with E-state index in [9.17, 15) is 9.59 Å². The summed E-state index contributed by atoms with van der Waals surface area (Å²) in [6.45, 7) is 6.07. The van der Waals surface area contributed by atoms with E-state index in [1.54, 1.807) is 18.8 Å². The van der Waals surface area contributed by atoms with E-state index in [-0.39, 0.29) is 24.1 Å². The molecule has 0 fully saturated rings. The molecule has 2 amide bonds. The number of hydrogen-bond donors (Lipinski definition) is 1. The van der Waals surface area contributed by atoms with Gasteiger partial charge in [-0.15, -0.1) is 10.2 Å². The van der Waals surface area contributed by atoms with Gasteiger partial charge in [0.05, 0.1) is 12.3 Å². The zero-order chi connectivity index (χ0) is 20.5. The lowest BCUT2D eigenvalue weighted by Gasteiger charge is -2.17. The molecule has 2 aromatic rings. The van der Waals surface area contributed by atoms with Gasteiger partial charge in [0.25, 0.3) is 0 Å². The molecule has 1 aromatic heterocycles. The van der Waals surface area contributed by atoms with Gasteiger partial charge in [-0.05, 0) is 31.4 Å². The number of carbonyl (C=O) groups is 2. The summed E-state index contributed by atoms with van der Waals surface area (Å²) < 4.78 is 1.71. The zero-order valence-corrected chi connectivity index (χ0v) is 19.1. The Hall–Kier alpha value is -1.58. The molecule has 1 N–H and O–H groups in total. The van der Waals surface area contributed by atoms with E-state index in [0.29, 0.717) is 0 Å². The highest BCUT2D eigenvalue weighted by atomic mass is 32.2. The largest absolute Gasteiger partial charge is 0.336 e. The number of amides is 2. The smallest absolute Gasteiger partial charge is 0.243 e. The number of hydrogen-bond acceptors (Lipinski definition) is 7. The number of nitrogens with one attached hydrogen (secondary N) is 1. The molecule has 2 rings (SSSR count). The van der Waals surface area contributed by atoms with Gasteiger partial charge in [-0.2, -0.15) is 0 Å². The number of unbranched alkanes of at least 4 members (excludes halogenated alkanes) is 1. The highest BCUT2D eigenvalue weighted by molar-refractivity contribution is 8.03. The van der Waals surface area contributed by atoms with Crippen LogP contribution in [0.4, 0.5) is 5.69 Å². The van der Waals surface area contributed by atoms with Crippen LogP contribution in [0.3, 0.4) is 0 Å². The second kappa shape index (κ2) is 11.4. The molecule has 0 spiro atoms. The van der Waals surface area contributed by atoms with Crippen molar-refractivity contribution >= 4 is 52.4 Å². The van der Waals surface area contributed by atoms with Crippen LogP contribution in [0, 0.1) is 13.8 Å². The summed E-state index contributed by atoms with van der Waals surface area (Å²) in [5.74, 6) is 0.954. The minimum Gasteiger partial charge on any atom is -0.336 e. The standard InChI is InChI=1S/C19H26N4O2S3/c1-5-6-10-26-18-21-22-19(28-18)27-12-16(25)23(4)11-15(24)20-17-13(2)8-7-9-14(17)3/h7-9H,5-6,10-12H2,1-4H3,(H,20,24). The van der Waals surface area contributed by atoms with Crippen molar-refractivity contribution in [3.8, 4) is 0 Å². The number of rotatable bonds is 10. The summed E-state index contributed by atoms with van der Waals surface area (Å²) in [7, 11) is 1.64. The summed E-state index contributed by atoms with van der Waals surface area (Å²) in [6, 6.07) is 5.85. The topological polar surface area (TPSA) is 75.2 Å². The van der Waals surface area contributed by atoms with Gasteiger partial charge < -0.3 is 10.2 Å². The second-order valence-electron chi connectivity index (χ2n) is 6.39. The van der Waals surface area contributed by atoms with Gasteiger partial charge in [0.1, 0.15) is 0 Å². The molecule has 0 saturated carbocycles. The predicted octanol–water partition coefficient (Wildman–Crippen LogP) is 4.24. The fraction of sp³-hybridized carbons (Fsp3) is 0.474. The predicted molar refractivity (Wildman–Crippen MR) is 118 cm³/mol. The maximum Gasteiger partial charge on any atom is 0.243 e. The number of aromatic nitrogens is 2. The number of aryl methyl sites for hydroxylation is 2. The van der Waals surface area contributed by atoms with Gasteiger partial charge in [-0.1, -0.05) is 66.4 Å². The Labute approximate surface area is 178 Å². The normalized spacial score (nSPS) is 10.7. The highest BCUT2D eigenvalue weighted by Crippen LogP contribution is 2.29. The Kier molecular flexibility index (Phi) is 9.27. The van der Waals surface area contributed by atoms with Crippen LogP contribution in [-0.2, 0) is 9.59 Å². The average Bonchev–Trinajstić information content (AvgIpc) is 3.11. The zero-order valence-electron chi connectivity index (χ0n) is 16.7. The van der Waals surface area contributed by atoms with Crippen LogP contribution in [0.5, 0.6) is 0 Å². The molecule has 6 nitrogen and oxygen atoms in total. The molecule has 0 aliphatic carbocycles. The minimum absolute atomic E-state index is 0.0153. The quantitative estimate of drug-likeness (QED) is 0.442. The lowest BCUT2D eigenvalue weighted by atomic mass is 10.1. The van der Waals surface area contributed by atoms with Gasteiger partial charge in [0.2, 0.25) is 11.8 Å². The van der Waals surface area contributed by atoms with Crippen molar-refractivity contribution in [2.24, 2.45) is 0 Å². The Bertz CT molecular complexity index is 790. The van der Waals surface area contributed by atoms with Crippen LogP contribution in [0.2, 0.25) is 0 Å². The number of thioether (sulfide) groups is 2. The maximum absolute atomic E-state index is 12.3. The highest BCUT2D eigenvalue weighted by Gasteiger charge is 2.16. The van der Waals surface area contributed by atoms with E-state index < -0.39 is 0 Å². The molecule has 0 unspecified atom stereocenters. The van der Waals surface area contributed by atoms with Gasteiger partial charge >= 0.3 is 0 Å². The first-order valence-electron chi connectivity index (χ1n) is 9.09. The number of anilines is 1.